The maximum Gasteiger partial charge on any atom is 0.273 e. The van der Waals surface area contributed by atoms with Gasteiger partial charge in [-0.25, -0.2) is 0 Å². The summed E-state index contributed by atoms with van der Waals surface area (Å²) in [5.74, 6) is -0.219. The van der Waals surface area contributed by atoms with Gasteiger partial charge in [-0.05, 0) is 28.8 Å². The number of carbonyl (C=O) groups is 1. The van der Waals surface area contributed by atoms with Gasteiger partial charge in [0.25, 0.3) is 5.91 Å². The highest BCUT2D eigenvalue weighted by Gasteiger charge is 2.10. The van der Waals surface area contributed by atoms with Crippen LogP contribution < -0.4 is 11.1 Å². The maximum absolute atomic E-state index is 11.8. The fraction of sp³-hybridized carbons (Fsp3) is 0.364. The lowest BCUT2D eigenvalue weighted by molar-refractivity contribution is 0.0946. The highest BCUT2D eigenvalue weighted by atomic mass is 32.1. The maximum atomic E-state index is 11.8. The second-order valence-corrected chi connectivity index (χ2v) is 4.66. The molecule has 0 spiro atoms. The van der Waals surface area contributed by atoms with Crippen LogP contribution in [0.2, 0.25) is 0 Å². The normalized spacial score (nSPS) is 10.6. The Hall–Kier alpha value is -1.73. The molecule has 0 aliphatic rings. The number of amides is 1. The van der Waals surface area contributed by atoms with Crippen molar-refractivity contribution in [1.29, 1.82) is 0 Å². The first kappa shape index (κ1) is 12.7. The van der Waals surface area contributed by atoms with E-state index in [1.807, 2.05) is 12.3 Å². The van der Waals surface area contributed by atoms with Crippen LogP contribution in [-0.2, 0) is 13.1 Å². The van der Waals surface area contributed by atoms with Crippen LogP contribution in [0.5, 0.6) is 0 Å². The van der Waals surface area contributed by atoms with E-state index in [1.54, 1.807) is 22.2 Å². The number of thiophene rings is 1. The van der Waals surface area contributed by atoms with Gasteiger partial charge in [0, 0.05) is 13.1 Å². The molecule has 3 N–H and O–H groups in total. The van der Waals surface area contributed by atoms with Crippen molar-refractivity contribution in [3.8, 4) is 0 Å². The van der Waals surface area contributed by atoms with E-state index in [0.717, 1.165) is 5.56 Å². The average Bonchev–Trinajstić information content (AvgIpc) is 2.96. The van der Waals surface area contributed by atoms with Gasteiger partial charge in [0.15, 0.2) is 5.69 Å². The van der Waals surface area contributed by atoms with Crippen LogP contribution >= 0.6 is 11.3 Å². The first-order valence-electron chi connectivity index (χ1n) is 5.60. The number of rotatable bonds is 5. The minimum atomic E-state index is -0.219. The van der Waals surface area contributed by atoms with E-state index in [4.69, 9.17) is 5.73 Å². The third-order valence-electron chi connectivity index (χ3n) is 2.53. The largest absolute Gasteiger partial charge is 0.346 e. The Bertz CT molecular complexity index is 533. The molecule has 2 aromatic rings. The molecule has 2 aromatic heterocycles. The summed E-state index contributed by atoms with van der Waals surface area (Å²) in [4.78, 5) is 11.8. The molecule has 1 amide bonds. The topological polar surface area (TPSA) is 85.8 Å². The summed E-state index contributed by atoms with van der Waals surface area (Å²) in [6.45, 7) is 3.57. The van der Waals surface area contributed by atoms with Gasteiger partial charge in [0.05, 0.1) is 12.7 Å². The molecule has 7 heteroatoms. The first-order valence-corrected chi connectivity index (χ1v) is 6.55. The Morgan fingerprint density at radius 2 is 2.39 bits per heavy atom. The molecule has 6 nitrogen and oxygen atoms in total. The van der Waals surface area contributed by atoms with Crippen LogP contribution in [-0.4, -0.2) is 27.4 Å². The summed E-state index contributed by atoms with van der Waals surface area (Å²) in [6.07, 6.45) is 1.60. The van der Waals surface area contributed by atoms with E-state index in [1.165, 1.54) is 5.56 Å². The first-order chi connectivity index (χ1) is 8.70. The lowest BCUT2D eigenvalue weighted by atomic mass is 10.2. The van der Waals surface area contributed by atoms with Crippen molar-refractivity contribution in [3.63, 3.8) is 0 Å². The molecule has 0 atom stereocenters. The van der Waals surface area contributed by atoms with Crippen molar-refractivity contribution in [2.45, 2.75) is 20.0 Å². The molecule has 2 rings (SSSR count). The Morgan fingerprint density at radius 1 is 1.56 bits per heavy atom. The molecule has 0 fully saturated rings. The third-order valence-corrected chi connectivity index (χ3v) is 3.44. The number of nitrogens with one attached hydrogen (secondary N) is 1. The fourth-order valence-electron chi connectivity index (χ4n) is 1.48. The zero-order valence-electron chi connectivity index (χ0n) is 10.1. The molecular weight excluding hydrogens is 250 g/mol. The minimum absolute atomic E-state index is 0.219. The van der Waals surface area contributed by atoms with E-state index in [-0.39, 0.29) is 5.91 Å². The summed E-state index contributed by atoms with van der Waals surface area (Å²) < 4.78 is 1.56. The second-order valence-electron chi connectivity index (χ2n) is 3.92. The summed E-state index contributed by atoms with van der Waals surface area (Å²) in [7, 11) is 0. The number of aromatic nitrogens is 3. The van der Waals surface area contributed by atoms with Crippen molar-refractivity contribution >= 4 is 17.2 Å². The van der Waals surface area contributed by atoms with Crippen LogP contribution in [0, 0.1) is 6.92 Å². The molecule has 0 unspecified atom stereocenters. The fourth-order valence-corrected chi connectivity index (χ4v) is 2.34. The Morgan fingerprint density at radius 3 is 3.06 bits per heavy atom. The van der Waals surface area contributed by atoms with E-state index < -0.39 is 0 Å². The number of hydrogen-bond acceptors (Lipinski definition) is 5. The van der Waals surface area contributed by atoms with E-state index in [9.17, 15) is 4.79 Å². The van der Waals surface area contributed by atoms with Gasteiger partial charge < -0.3 is 11.1 Å². The summed E-state index contributed by atoms with van der Waals surface area (Å²) >= 11 is 1.63. The van der Waals surface area contributed by atoms with Gasteiger partial charge in [-0.2, -0.15) is 11.3 Å². The minimum Gasteiger partial charge on any atom is -0.346 e. The Kier molecular flexibility index (Phi) is 4.06. The van der Waals surface area contributed by atoms with Crippen LogP contribution in [0.15, 0.2) is 17.0 Å². The summed E-state index contributed by atoms with van der Waals surface area (Å²) in [5, 5.41) is 14.5. The van der Waals surface area contributed by atoms with Crippen LogP contribution in [0.25, 0.3) is 0 Å². The zero-order valence-corrected chi connectivity index (χ0v) is 10.9. The molecule has 0 bridgehead atoms. The highest BCUT2D eigenvalue weighted by Crippen LogP contribution is 2.13. The lowest BCUT2D eigenvalue weighted by Crippen LogP contribution is -2.23. The van der Waals surface area contributed by atoms with Gasteiger partial charge in [0.2, 0.25) is 0 Å². The van der Waals surface area contributed by atoms with Crippen LogP contribution in [0.4, 0.5) is 0 Å². The van der Waals surface area contributed by atoms with Crippen molar-refractivity contribution in [1.82, 2.24) is 20.3 Å². The number of carbonyl (C=O) groups excluding carboxylic acids is 1. The van der Waals surface area contributed by atoms with E-state index in [2.05, 4.69) is 21.0 Å². The van der Waals surface area contributed by atoms with Gasteiger partial charge in [-0.15, -0.1) is 5.10 Å². The second kappa shape index (κ2) is 5.74. The highest BCUT2D eigenvalue weighted by molar-refractivity contribution is 7.08. The molecule has 0 aromatic carbocycles. The standard InChI is InChI=1S/C11H15N5OS/c1-8-6-18-7-9(8)4-13-11(17)10-5-16(3-2-12)15-14-10/h5-7H,2-4,12H2,1H3,(H,13,17). The number of nitrogens with zero attached hydrogens (tertiary/aromatic N) is 3. The molecule has 0 saturated carbocycles. The van der Waals surface area contributed by atoms with Crippen molar-refractivity contribution < 1.29 is 4.79 Å². The molecule has 0 saturated heterocycles. The molecule has 0 aliphatic carbocycles. The van der Waals surface area contributed by atoms with Crippen LogP contribution in [0.3, 0.4) is 0 Å². The predicted octanol–water partition coefficient (Wildman–Crippen LogP) is 0.537. The molecule has 0 aliphatic heterocycles. The molecule has 18 heavy (non-hydrogen) atoms. The van der Waals surface area contributed by atoms with Gasteiger partial charge in [-0.1, -0.05) is 5.21 Å². The quantitative estimate of drug-likeness (QED) is 0.826. The molecular formula is C11H15N5OS. The van der Waals surface area contributed by atoms with E-state index in [0.29, 0.717) is 25.3 Å². The number of aryl methyl sites for hydroxylation is 1. The molecule has 96 valence electrons. The van der Waals surface area contributed by atoms with Crippen molar-refractivity contribution in [2.24, 2.45) is 5.73 Å². The van der Waals surface area contributed by atoms with Gasteiger partial charge >= 0.3 is 0 Å². The third kappa shape index (κ3) is 2.93. The van der Waals surface area contributed by atoms with Crippen molar-refractivity contribution in [3.05, 3.63) is 33.8 Å². The van der Waals surface area contributed by atoms with Crippen LogP contribution in [0.1, 0.15) is 21.6 Å². The zero-order chi connectivity index (χ0) is 13.0. The monoisotopic (exact) mass is 265 g/mol. The summed E-state index contributed by atoms with van der Waals surface area (Å²) in [5.41, 5.74) is 8.03. The molecule has 2 heterocycles. The lowest BCUT2D eigenvalue weighted by Gasteiger charge is -2.01. The smallest absolute Gasteiger partial charge is 0.273 e. The predicted molar refractivity (Wildman–Crippen MR) is 69.3 cm³/mol. The number of hydrogen-bond donors (Lipinski definition) is 2. The molecule has 0 radical (unpaired) electrons. The van der Waals surface area contributed by atoms with Gasteiger partial charge in [-0.3, -0.25) is 9.48 Å². The Balaban J connectivity index is 1.93. The van der Waals surface area contributed by atoms with Crippen molar-refractivity contribution in [2.75, 3.05) is 6.54 Å². The number of nitrogens with two attached hydrogens (primary N) is 1. The Labute approximate surface area is 109 Å². The van der Waals surface area contributed by atoms with E-state index >= 15 is 0 Å². The summed E-state index contributed by atoms with van der Waals surface area (Å²) in [6, 6.07) is 0. The average molecular weight is 265 g/mol. The van der Waals surface area contributed by atoms with Gasteiger partial charge in [0.1, 0.15) is 0 Å². The SMILES string of the molecule is Cc1cscc1CNC(=O)c1cn(CCN)nn1.